The molecule has 5 heteroatoms. The molecule has 0 N–H and O–H groups in total. The van der Waals surface area contributed by atoms with E-state index in [9.17, 15) is 9.59 Å². The normalized spacial score (nSPS) is 25.2. The zero-order chi connectivity index (χ0) is 24.6. The van der Waals surface area contributed by atoms with Gasteiger partial charge in [-0.25, -0.2) is 0 Å². The number of hydrogen-bond acceptors (Lipinski definition) is 5. The van der Waals surface area contributed by atoms with Crippen LogP contribution in [0, 0.1) is 0 Å². The first-order valence-electron chi connectivity index (χ1n) is 13.2. The van der Waals surface area contributed by atoms with Crippen molar-refractivity contribution >= 4 is 23.7 Å². The summed E-state index contributed by atoms with van der Waals surface area (Å²) in [5.74, 6) is 1.64. The molecule has 4 atom stereocenters. The van der Waals surface area contributed by atoms with Crippen molar-refractivity contribution in [3.05, 3.63) is 59.7 Å². The van der Waals surface area contributed by atoms with Crippen molar-refractivity contribution in [2.45, 2.75) is 100 Å². The van der Waals surface area contributed by atoms with E-state index in [-0.39, 0.29) is 11.9 Å². The molecule has 2 fully saturated rings. The molecule has 0 radical (unpaired) electrons. The lowest BCUT2D eigenvalue weighted by Crippen LogP contribution is -2.23. The van der Waals surface area contributed by atoms with Crippen LogP contribution in [0.25, 0.3) is 0 Å². The van der Waals surface area contributed by atoms with E-state index in [1.54, 1.807) is 0 Å². The van der Waals surface area contributed by atoms with Crippen LogP contribution in [0.4, 0.5) is 0 Å². The number of ether oxygens (including phenoxy) is 2. The number of carbonyl (C=O) groups excluding carboxylic acids is 2. The van der Waals surface area contributed by atoms with E-state index in [1.807, 2.05) is 24.3 Å². The van der Waals surface area contributed by atoms with Crippen LogP contribution in [0.15, 0.2) is 48.5 Å². The third-order valence-electron chi connectivity index (χ3n) is 7.40. The van der Waals surface area contributed by atoms with Gasteiger partial charge in [0.1, 0.15) is 11.5 Å². The highest BCUT2D eigenvalue weighted by Crippen LogP contribution is 2.49. The average molecular weight is 495 g/mol. The fourth-order valence-electron chi connectivity index (χ4n) is 5.88. The Hall–Kier alpha value is -2.27. The topological polar surface area (TPSA) is 52.6 Å². The Bertz CT molecular complexity index is 924. The van der Waals surface area contributed by atoms with E-state index >= 15 is 0 Å². The van der Waals surface area contributed by atoms with Crippen molar-refractivity contribution in [3.8, 4) is 11.5 Å². The number of para-hydroxylation sites is 2. The molecular formula is C30H38O4S. The first-order valence-corrected chi connectivity index (χ1v) is 14.2. The van der Waals surface area contributed by atoms with Crippen LogP contribution in [0.5, 0.6) is 11.5 Å². The Kier molecular flexibility index (Phi) is 9.31. The summed E-state index contributed by atoms with van der Waals surface area (Å²) >= 11 is 2.15. The number of thioether (sulfide) groups is 1. The minimum atomic E-state index is -0.263. The van der Waals surface area contributed by atoms with Crippen LogP contribution < -0.4 is 9.47 Å². The van der Waals surface area contributed by atoms with Crippen LogP contribution in [-0.2, 0) is 9.59 Å². The Balaban J connectivity index is 1.64. The minimum absolute atomic E-state index is 0.263. The molecule has 0 heterocycles. The minimum Gasteiger partial charge on any atom is -0.426 e. The zero-order valence-electron chi connectivity index (χ0n) is 21.0. The van der Waals surface area contributed by atoms with Crippen molar-refractivity contribution in [1.29, 1.82) is 0 Å². The molecule has 4 nitrogen and oxygen atoms in total. The predicted octanol–water partition coefficient (Wildman–Crippen LogP) is 7.80. The Morgan fingerprint density at radius 3 is 1.46 bits per heavy atom. The van der Waals surface area contributed by atoms with Crippen molar-refractivity contribution in [2.24, 2.45) is 0 Å². The van der Waals surface area contributed by atoms with Gasteiger partial charge in [-0.05, 0) is 60.8 Å². The third-order valence-corrected chi connectivity index (χ3v) is 9.23. The monoisotopic (exact) mass is 494 g/mol. The van der Waals surface area contributed by atoms with E-state index in [1.165, 1.54) is 76.3 Å². The smallest absolute Gasteiger partial charge is 0.308 e. The van der Waals surface area contributed by atoms with Crippen LogP contribution in [0.1, 0.15) is 101 Å². The maximum atomic E-state index is 11.8. The molecular weight excluding hydrogens is 456 g/mol. The van der Waals surface area contributed by atoms with Gasteiger partial charge in [0.2, 0.25) is 0 Å². The van der Waals surface area contributed by atoms with E-state index in [2.05, 4.69) is 36.0 Å². The molecule has 2 aliphatic carbocycles. The molecule has 0 aromatic heterocycles. The van der Waals surface area contributed by atoms with Crippen LogP contribution in [0.2, 0.25) is 0 Å². The SMILES string of the molecule is CC(=O)Oc1ccccc1C1CCCCCC1SC1CCCCCC1c1ccccc1OC(C)=O. The summed E-state index contributed by atoms with van der Waals surface area (Å²) in [6.45, 7) is 2.96. The highest BCUT2D eigenvalue weighted by molar-refractivity contribution is 8.00. The second kappa shape index (κ2) is 12.6. The standard InChI is InChI=1S/C30H38O4S/c1-21(31)33-27-17-11-9-13-23(27)25-15-5-3-7-19-29(25)35-30-20-8-4-6-16-26(30)24-14-10-12-18-28(24)34-22(2)32/h9-14,17-18,25-26,29-30H,3-8,15-16,19-20H2,1-2H3. The second-order valence-electron chi connectivity index (χ2n) is 9.96. The highest BCUT2D eigenvalue weighted by Gasteiger charge is 2.35. The zero-order valence-corrected chi connectivity index (χ0v) is 21.9. The molecule has 4 rings (SSSR count). The molecule has 0 spiro atoms. The van der Waals surface area contributed by atoms with Crippen molar-refractivity contribution in [3.63, 3.8) is 0 Å². The molecule has 4 unspecified atom stereocenters. The lowest BCUT2D eigenvalue weighted by atomic mass is 9.90. The van der Waals surface area contributed by atoms with Crippen molar-refractivity contribution in [2.75, 3.05) is 0 Å². The molecule has 2 aliphatic rings. The van der Waals surface area contributed by atoms with Crippen molar-refractivity contribution < 1.29 is 19.1 Å². The summed E-state index contributed by atoms with van der Waals surface area (Å²) in [7, 11) is 0. The molecule has 0 amide bonds. The summed E-state index contributed by atoms with van der Waals surface area (Å²) in [6, 6.07) is 16.2. The molecule has 0 saturated heterocycles. The van der Waals surface area contributed by atoms with Gasteiger partial charge in [0.15, 0.2) is 0 Å². The van der Waals surface area contributed by atoms with Gasteiger partial charge in [0.05, 0.1) is 0 Å². The van der Waals surface area contributed by atoms with Gasteiger partial charge in [0.25, 0.3) is 0 Å². The van der Waals surface area contributed by atoms with Gasteiger partial charge in [-0.3, -0.25) is 9.59 Å². The molecule has 0 aliphatic heterocycles. The molecule has 2 aromatic carbocycles. The Labute approximate surface area is 214 Å². The van der Waals surface area contributed by atoms with Crippen LogP contribution in [-0.4, -0.2) is 22.4 Å². The van der Waals surface area contributed by atoms with Gasteiger partial charge in [-0.1, -0.05) is 74.9 Å². The quantitative estimate of drug-likeness (QED) is 0.233. The summed E-state index contributed by atoms with van der Waals surface area (Å²) < 4.78 is 11.3. The lowest BCUT2D eigenvalue weighted by molar-refractivity contribution is -0.132. The molecule has 0 bridgehead atoms. The average Bonchev–Trinajstić information content (AvgIpc) is 3.20. The summed E-state index contributed by atoms with van der Waals surface area (Å²) in [5.41, 5.74) is 2.35. The number of carbonyl (C=O) groups is 2. The number of rotatable bonds is 6. The molecule has 35 heavy (non-hydrogen) atoms. The van der Waals surface area contributed by atoms with Crippen LogP contribution >= 0.6 is 11.8 Å². The van der Waals surface area contributed by atoms with E-state index in [0.29, 0.717) is 22.3 Å². The van der Waals surface area contributed by atoms with Gasteiger partial charge in [-0.2, -0.15) is 11.8 Å². The second-order valence-corrected chi connectivity index (χ2v) is 11.4. The largest absolute Gasteiger partial charge is 0.426 e. The van der Waals surface area contributed by atoms with Crippen molar-refractivity contribution in [1.82, 2.24) is 0 Å². The van der Waals surface area contributed by atoms with E-state index in [0.717, 1.165) is 24.3 Å². The molecule has 2 saturated carbocycles. The van der Waals surface area contributed by atoms with Gasteiger partial charge >= 0.3 is 11.9 Å². The van der Waals surface area contributed by atoms with Gasteiger partial charge < -0.3 is 9.47 Å². The van der Waals surface area contributed by atoms with Gasteiger partial charge in [-0.15, -0.1) is 0 Å². The molecule has 2 aromatic rings. The van der Waals surface area contributed by atoms with E-state index in [4.69, 9.17) is 9.47 Å². The third kappa shape index (κ3) is 6.91. The maximum absolute atomic E-state index is 11.8. The Morgan fingerprint density at radius 2 is 1.03 bits per heavy atom. The van der Waals surface area contributed by atoms with Gasteiger partial charge in [0, 0.05) is 24.3 Å². The fourth-order valence-corrected chi connectivity index (χ4v) is 7.88. The highest BCUT2D eigenvalue weighted by atomic mass is 32.2. The van der Waals surface area contributed by atoms with Crippen LogP contribution in [0.3, 0.4) is 0 Å². The predicted molar refractivity (Wildman–Crippen MR) is 142 cm³/mol. The lowest BCUT2D eigenvalue weighted by Gasteiger charge is -2.33. The van der Waals surface area contributed by atoms with E-state index < -0.39 is 0 Å². The maximum Gasteiger partial charge on any atom is 0.308 e. The fraction of sp³-hybridized carbons (Fsp3) is 0.533. The first kappa shape index (κ1) is 25.8. The number of benzene rings is 2. The summed E-state index contributed by atoms with van der Waals surface area (Å²) in [6.07, 6.45) is 12.0. The summed E-state index contributed by atoms with van der Waals surface area (Å²) in [5, 5.41) is 0.946. The number of hydrogen-bond donors (Lipinski definition) is 0. The summed E-state index contributed by atoms with van der Waals surface area (Å²) in [4.78, 5) is 23.6. The Morgan fingerprint density at radius 1 is 0.629 bits per heavy atom. The molecule has 188 valence electrons. The number of esters is 2. The first-order chi connectivity index (χ1) is 17.0.